The highest BCUT2D eigenvalue weighted by atomic mass is 32.2. The van der Waals surface area contributed by atoms with Crippen LogP contribution >= 0.6 is 0 Å². The Labute approximate surface area is 124 Å². The van der Waals surface area contributed by atoms with E-state index in [0.717, 1.165) is 25.8 Å². The third-order valence-corrected chi connectivity index (χ3v) is 7.81. The number of hydrogen-bond acceptors (Lipinski definition) is 4. The van der Waals surface area contributed by atoms with E-state index in [0.29, 0.717) is 29.4 Å². The average Bonchev–Trinajstić information content (AvgIpc) is 2.71. The number of nitrogens with two attached hydrogens (primary N) is 1. The Morgan fingerprint density at radius 3 is 2.45 bits per heavy atom. The summed E-state index contributed by atoms with van der Waals surface area (Å²) in [6.07, 6.45) is 3.04. The summed E-state index contributed by atoms with van der Waals surface area (Å²) in [5.41, 5.74) is 6.44. The molecular weight excluding hydrogens is 272 g/mol. The number of hydrogen-bond donors (Lipinski definition) is 1. The molecule has 118 valence electrons. The predicted octanol–water partition coefficient (Wildman–Crippen LogP) is 1.50. The van der Waals surface area contributed by atoms with Crippen molar-refractivity contribution in [2.24, 2.45) is 23.0 Å². The highest BCUT2D eigenvalue weighted by Crippen LogP contribution is 2.44. The van der Waals surface area contributed by atoms with Crippen molar-refractivity contribution in [1.29, 1.82) is 0 Å². The summed E-state index contributed by atoms with van der Waals surface area (Å²) in [4.78, 5) is 2.28. The number of nitrogens with zero attached hydrogens (tertiary/aromatic N) is 1. The molecule has 4 nitrogen and oxygen atoms in total. The van der Waals surface area contributed by atoms with E-state index >= 15 is 0 Å². The van der Waals surface area contributed by atoms with Gasteiger partial charge in [0.25, 0.3) is 0 Å². The monoisotopic (exact) mass is 302 g/mol. The van der Waals surface area contributed by atoms with Crippen LogP contribution in [0, 0.1) is 17.3 Å². The van der Waals surface area contributed by atoms with E-state index in [-0.39, 0.29) is 11.5 Å². The van der Waals surface area contributed by atoms with E-state index in [2.05, 4.69) is 32.7 Å². The fourth-order valence-electron chi connectivity index (χ4n) is 3.89. The molecule has 2 fully saturated rings. The van der Waals surface area contributed by atoms with E-state index in [1.165, 1.54) is 0 Å². The molecule has 20 heavy (non-hydrogen) atoms. The van der Waals surface area contributed by atoms with Crippen LogP contribution in [0.25, 0.3) is 0 Å². The molecule has 1 aliphatic heterocycles. The van der Waals surface area contributed by atoms with E-state index in [1.54, 1.807) is 0 Å². The summed E-state index contributed by atoms with van der Waals surface area (Å²) in [7, 11) is -0.707. The van der Waals surface area contributed by atoms with Crippen molar-refractivity contribution in [3.8, 4) is 0 Å². The van der Waals surface area contributed by atoms with Crippen LogP contribution in [0.5, 0.6) is 0 Å². The van der Waals surface area contributed by atoms with E-state index in [1.807, 2.05) is 0 Å². The highest BCUT2D eigenvalue weighted by molar-refractivity contribution is 7.91. The second-order valence-electron chi connectivity index (χ2n) is 7.54. The SMILES string of the molecule is CC1C(N)CCC(CN(C)C2CCS(=O)(=O)C2)C1(C)C. The molecule has 1 aliphatic carbocycles. The van der Waals surface area contributed by atoms with Crippen LogP contribution in [0.15, 0.2) is 0 Å². The van der Waals surface area contributed by atoms with Crippen LogP contribution in [0.2, 0.25) is 0 Å². The minimum absolute atomic E-state index is 0.210. The maximum absolute atomic E-state index is 11.6. The summed E-state index contributed by atoms with van der Waals surface area (Å²) in [5.74, 6) is 1.82. The lowest BCUT2D eigenvalue weighted by Crippen LogP contribution is -2.50. The number of sulfone groups is 1. The Morgan fingerprint density at radius 1 is 1.25 bits per heavy atom. The molecule has 0 spiro atoms. The molecule has 0 aromatic heterocycles. The average molecular weight is 302 g/mol. The smallest absolute Gasteiger partial charge is 0.151 e. The lowest BCUT2D eigenvalue weighted by Gasteiger charge is -2.48. The molecule has 0 bridgehead atoms. The molecule has 1 saturated heterocycles. The zero-order valence-corrected chi connectivity index (χ0v) is 14.1. The second kappa shape index (κ2) is 5.58. The Kier molecular flexibility index (Phi) is 4.53. The van der Waals surface area contributed by atoms with Gasteiger partial charge in [-0.3, -0.25) is 0 Å². The van der Waals surface area contributed by atoms with Crippen molar-refractivity contribution in [2.45, 2.75) is 52.1 Å². The molecule has 1 saturated carbocycles. The summed E-state index contributed by atoms with van der Waals surface area (Å²) in [6, 6.07) is 0.514. The van der Waals surface area contributed by atoms with Crippen molar-refractivity contribution in [2.75, 3.05) is 25.1 Å². The summed E-state index contributed by atoms with van der Waals surface area (Å²) in [5, 5.41) is 0. The largest absolute Gasteiger partial charge is 0.327 e. The second-order valence-corrected chi connectivity index (χ2v) is 9.77. The molecule has 1 heterocycles. The Morgan fingerprint density at radius 2 is 1.90 bits per heavy atom. The van der Waals surface area contributed by atoms with Gasteiger partial charge in [0.05, 0.1) is 11.5 Å². The van der Waals surface area contributed by atoms with E-state index in [9.17, 15) is 8.42 Å². The van der Waals surface area contributed by atoms with Crippen LogP contribution in [0.3, 0.4) is 0 Å². The first-order valence-electron chi connectivity index (χ1n) is 7.79. The van der Waals surface area contributed by atoms with Gasteiger partial charge in [0.15, 0.2) is 9.84 Å². The van der Waals surface area contributed by atoms with E-state index in [4.69, 9.17) is 5.73 Å². The molecule has 4 unspecified atom stereocenters. The van der Waals surface area contributed by atoms with Gasteiger partial charge in [-0.25, -0.2) is 8.42 Å². The summed E-state index contributed by atoms with van der Waals surface area (Å²) < 4.78 is 23.2. The Bertz CT molecular complexity index is 447. The normalized spacial score (nSPS) is 40.1. The minimum atomic E-state index is -2.79. The zero-order chi connectivity index (χ0) is 15.1. The molecule has 5 heteroatoms. The van der Waals surface area contributed by atoms with Gasteiger partial charge in [-0.1, -0.05) is 20.8 Å². The predicted molar refractivity (Wildman–Crippen MR) is 83.3 cm³/mol. The van der Waals surface area contributed by atoms with E-state index < -0.39 is 9.84 Å². The summed E-state index contributed by atoms with van der Waals surface area (Å²) in [6.45, 7) is 7.89. The molecule has 2 aliphatic rings. The van der Waals surface area contributed by atoms with Crippen LogP contribution in [0.1, 0.15) is 40.0 Å². The minimum Gasteiger partial charge on any atom is -0.327 e. The first-order chi connectivity index (χ1) is 9.13. The molecule has 0 aromatic carbocycles. The topological polar surface area (TPSA) is 63.4 Å². The van der Waals surface area contributed by atoms with Crippen LogP contribution in [0.4, 0.5) is 0 Å². The van der Waals surface area contributed by atoms with Crippen molar-refractivity contribution in [3.05, 3.63) is 0 Å². The lowest BCUT2D eigenvalue weighted by molar-refractivity contribution is 0.0275. The first kappa shape index (κ1) is 16.2. The molecule has 0 radical (unpaired) electrons. The van der Waals surface area contributed by atoms with Crippen molar-refractivity contribution in [1.82, 2.24) is 4.90 Å². The van der Waals surface area contributed by atoms with Gasteiger partial charge in [-0.15, -0.1) is 0 Å². The summed E-state index contributed by atoms with van der Waals surface area (Å²) >= 11 is 0. The maximum atomic E-state index is 11.6. The van der Waals surface area contributed by atoms with Crippen LogP contribution in [-0.4, -0.2) is 50.5 Å². The Balaban J connectivity index is 1.99. The molecule has 4 atom stereocenters. The van der Waals surface area contributed by atoms with Crippen molar-refractivity contribution in [3.63, 3.8) is 0 Å². The lowest BCUT2D eigenvalue weighted by atomic mass is 9.61. The van der Waals surface area contributed by atoms with Crippen LogP contribution in [-0.2, 0) is 9.84 Å². The Hall–Kier alpha value is -0.130. The van der Waals surface area contributed by atoms with Gasteiger partial charge in [0.2, 0.25) is 0 Å². The van der Waals surface area contributed by atoms with Crippen molar-refractivity contribution < 1.29 is 8.42 Å². The zero-order valence-electron chi connectivity index (χ0n) is 13.3. The van der Waals surface area contributed by atoms with Gasteiger partial charge < -0.3 is 10.6 Å². The number of rotatable bonds is 3. The van der Waals surface area contributed by atoms with Crippen LogP contribution < -0.4 is 5.73 Å². The maximum Gasteiger partial charge on any atom is 0.151 e. The third-order valence-electron chi connectivity index (χ3n) is 6.06. The fourth-order valence-corrected chi connectivity index (χ4v) is 5.69. The standard InChI is InChI=1S/C15H30N2O2S/c1-11-14(16)6-5-12(15(11,2)3)9-17(4)13-7-8-20(18,19)10-13/h11-14H,5-10,16H2,1-4H3. The van der Waals surface area contributed by atoms with Gasteiger partial charge in [-0.05, 0) is 43.6 Å². The molecule has 0 amide bonds. The highest BCUT2D eigenvalue weighted by Gasteiger charge is 2.42. The quantitative estimate of drug-likeness (QED) is 0.858. The fraction of sp³-hybridized carbons (Fsp3) is 1.00. The van der Waals surface area contributed by atoms with Gasteiger partial charge >= 0.3 is 0 Å². The van der Waals surface area contributed by atoms with Gasteiger partial charge in [-0.2, -0.15) is 0 Å². The van der Waals surface area contributed by atoms with Crippen molar-refractivity contribution >= 4 is 9.84 Å². The first-order valence-corrected chi connectivity index (χ1v) is 9.62. The molecule has 0 aromatic rings. The van der Waals surface area contributed by atoms with Gasteiger partial charge in [0, 0.05) is 18.6 Å². The molecular formula is C15H30N2O2S. The molecule has 2 rings (SSSR count). The third kappa shape index (κ3) is 3.20. The molecule has 2 N–H and O–H groups in total. The van der Waals surface area contributed by atoms with Gasteiger partial charge in [0.1, 0.15) is 0 Å².